The summed E-state index contributed by atoms with van der Waals surface area (Å²) >= 11 is 0. The Morgan fingerprint density at radius 2 is 1.74 bits per heavy atom. The molecule has 1 unspecified atom stereocenters. The van der Waals surface area contributed by atoms with E-state index in [-0.39, 0.29) is 17.3 Å². The Morgan fingerprint density at radius 1 is 1.03 bits per heavy atom. The van der Waals surface area contributed by atoms with Crippen molar-refractivity contribution >= 4 is 23.1 Å². The molecule has 2 aliphatic rings. The van der Waals surface area contributed by atoms with Gasteiger partial charge in [0.25, 0.3) is 11.7 Å². The Balaban J connectivity index is 1.58. The fraction of sp³-hybridized carbons (Fsp3) is 0.296. The maximum Gasteiger partial charge on any atom is 0.299 e. The molecule has 0 spiro atoms. The van der Waals surface area contributed by atoms with Crippen molar-refractivity contribution in [3.8, 4) is 17.2 Å². The number of hydrogen-bond acceptors (Lipinski definition) is 6. The van der Waals surface area contributed by atoms with Crippen LogP contribution < -0.4 is 9.64 Å². The van der Waals surface area contributed by atoms with Crippen molar-refractivity contribution in [1.29, 1.82) is 0 Å². The molecule has 2 heterocycles. The van der Waals surface area contributed by atoms with Gasteiger partial charge in [-0.25, -0.2) is 4.98 Å². The van der Waals surface area contributed by atoms with Crippen molar-refractivity contribution in [3.63, 3.8) is 0 Å². The lowest BCUT2D eigenvalue weighted by atomic mass is 9.80. The molecule has 0 radical (unpaired) electrons. The van der Waals surface area contributed by atoms with E-state index in [4.69, 9.17) is 9.15 Å². The summed E-state index contributed by atoms with van der Waals surface area (Å²) in [5, 5.41) is 11.2. The summed E-state index contributed by atoms with van der Waals surface area (Å²) in [6, 6.07) is 13.6. The van der Waals surface area contributed by atoms with Crippen molar-refractivity contribution in [2.45, 2.75) is 38.1 Å². The second kappa shape index (κ2) is 9.17. The minimum absolute atomic E-state index is 0.0889. The topological polar surface area (TPSA) is 92.9 Å². The number of amides is 1. The van der Waals surface area contributed by atoms with Crippen molar-refractivity contribution in [1.82, 2.24) is 4.98 Å². The van der Waals surface area contributed by atoms with Crippen molar-refractivity contribution < 1.29 is 23.8 Å². The number of nitrogens with zero attached hydrogens (tertiary/aromatic N) is 2. The fourth-order valence-corrected chi connectivity index (χ4v) is 5.07. The quantitative estimate of drug-likeness (QED) is 0.322. The third-order valence-electron chi connectivity index (χ3n) is 6.77. The van der Waals surface area contributed by atoms with E-state index in [0.717, 1.165) is 37.7 Å². The van der Waals surface area contributed by atoms with Gasteiger partial charge < -0.3 is 14.3 Å². The van der Waals surface area contributed by atoms with Crippen LogP contribution in [0, 0.1) is 5.92 Å². The van der Waals surface area contributed by atoms with Crippen LogP contribution in [0.15, 0.2) is 71.0 Å². The highest BCUT2D eigenvalue weighted by Gasteiger charge is 2.49. The van der Waals surface area contributed by atoms with Gasteiger partial charge in [-0.05, 0) is 67.3 Å². The van der Waals surface area contributed by atoms with E-state index in [9.17, 15) is 14.7 Å². The predicted molar refractivity (Wildman–Crippen MR) is 127 cm³/mol. The number of benzene rings is 2. The average molecular weight is 459 g/mol. The lowest BCUT2D eigenvalue weighted by molar-refractivity contribution is -0.132. The number of aromatic nitrogens is 1. The van der Waals surface area contributed by atoms with Gasteiger partial charge in [0.1, 0.15) is 17.8 Å². The zero-order chi connectivity index (χ0) is 23.7. The molecule has 2 aromatic carbocycles. The average Bonchev–Trinajstić information content (AvgIpc) is 3.52. The highest BCUT2D eigenvalue weighted by atomic mass is 16.5. The normalized spacial score (nSPS) is 20.6. The van der Waals surface area contributed by atoms with Crippen LogP contribution in [0.3, 0.4) is 0 Å². The number of ketones is 1. The van der Waals surface area contributed by atoms with E-state index in [1.165, 1.54) is 6.26 Å². The van der Waals surface area contributed by atoms with Gasteiger partial charge in [-0.1, -0.05) is 19.3 Å². The molecule has 1 saturated carbocycles. The molecular formula is C27H26N2O5. The third-order valence-corrected chi connectivity index (χ3v) is 6.77. The Hall–Kier alpha value is -3.87. The Bertz CT molecular complexity index is 1210. The molecule has 1 atom stereocenters. The minimum Gasteiger partial charge on any atom is -0.507 e. The maximum absolute atomic E-state index is 13.3. The summed E-state index contributed by atoms with van der Waals surface area (Å²) < 4.78 is 10.6. The van der Waals surface area contributed by atoms with Gasteiger partial charge in [0, 0.05) is 16.8 Å². The van der Waals surface area contributed by atoms with Crippen LogP contribution in [0.5, 0.6) is 5.75 Å². The van der Waals surface area contributed by atoms with Crippen LogP contribution in [0.1, 0.15) is 37.7 Å². The van der Waals surface area contributed by atoms with Crippen molar-refractivity contribution in [3.05, 3.63) is 72.1 Å². The molecule has 1 aliphatic heterocycles. The third kappa shape index (κ3) is 3.87. The summed E-state index contributed by atoms with van der Waals surface area (Å²) in [6.07, 6.45) is 8.09. The molecule has 1 aromatic heterocycles. The Morgan fingerprint density at radius 3 is 2.35 bits per heavy atom. The summed E-state index contributed by atoms with van der Waals surface area (Å²) in [4.78, 5) is 32.3. The number of ether oxygens (including phenoxy) is 1. The number of Topliss-reactive ketones (excluding diaryl/α,β-unsaturated/α-hetero) is 1. The standard InChI is InChI=1S/C27H26N2O5/c1-33-21-13-9-18(10-14-21)24(30)22-23(17-5-3-2-4-6-17)29(27(32)25(22)31)20-11-7-19(8-12-20)26-28-15-16-34-26/h7-17,23,30H,2-6H2,1H3. The number of anilines is 1. The van der Waals surface area contributed by atoms with Gasteiger partial charge in [-0.15, -0.1) is 0 Å². The Labute approximate surface area is 197 Å². The van der Waals surface area contributed by atoms with Crippen LogP contribution in [0.25, 0.3) is 17.2 Å². The number of aliphatic hydroxyl groups is 1. The summed E-state index contributed by atoms with van der Waals surface area (Å²) in [5.74, 6) is -0.194. The smallest absolute Gasteiger partial charge is 0.299 e. The molecule has 1 saturated heterocycles. The van der Waals surface area contributed by atoms with E-state index in [1.807, 2.05) is 12.1 Å². The number of carbonyl (C=O) groups excluding carboxylic acids is 2. The SMILES string of the molecule is COc1ccc(C(O)=C2C(=O)C(=O)N(c3ccc(-c4ncco4)cc3)C2C2CCCCC2)cc1. The molecule has 1 amide bonds. The van der Waals surface area contributed by atoms with Gasteiger partial charge in [-0.3, -0.25) is 14.5 Å². The first-order chi connectivity index (χ1) is 16.6. The minimum atomic E-state index is -0.652. The second-order valence-electron chi connectivity index (χ2n) is 8.72. The molecule has 1 aliphatic carbocycles. The molecule has 3 aromatic rings. The predicted octanol–water partition coefficient (Wildman–Crippen LogP) is 5.18. The van der Waals surface area contributed by atoms with Crippen molar-refractivity contribution in [2.75, 3.05) is 12.0 Å². The first-order valence-electron chi connectivity index (χ1n) is 11.5. The van der Waals surface area contributed by atoms with E-state index < -0.39 is 17.7 Å². The summed E-state index contributed by atoms with van der Waals surface area (Å²) in [7, 11) is 1.57. The summed E-state index contributed by atoms with van der Waals surface area (Å²) in [6.45, 7) is 0. The van der Waals surface area contributed by atoms with Crippen LogP contribution in [0.4, 0.5) is 5.69 Å². The zero-order valence-electron chi connectivity index (χ0n) is 18.9. The first kappa shape index (κ1) is 21.9. The maximum atomic E-state index is 13.3. The molecular weight excluding hydrogens is 432 g/mol. The number of rotatable bonds is 5. The number of carbonyl (C=O) groups is 2. The van der Waals surface area contributed by atoms with E-state index in [1.54, 1.807) is 54.6 Å². The van der Waals surface area contributed by atoms with E-state index in [2.05, 4.69) is 4.98 Å². The number of aliphatic hydroxyl groups excluding tert-OH is 1. The highest BCUT2D eigenvalue weighted by Crippen LogP contribution is 2.41. The number of hydrogen-bond donors (Lipinski definition) is 1. The summed E-state index contributed by atoms with van der Waals surface area (Å²) in [5.41, 5.74) is 2.05. The lowest BCUT2D eigenvalue weighted by Crippen LogP contribution is -2.40. The monoisotopic (exact) mass is 458 g/mol. The molecule has 174 valence electrons. The first-order valence-corrected chi connectivity index (χ1v) is 11.5. The van der Waals surface area contributed by atoms with Gasteiger partial charge >= 0.3 is 0 Å². The highest BCUT2D eigenvalue weighted by molar-refractivity contribution is 6.51. The van der Waals surface area contributed by atoms with Crippen molar-refractivity contribution in [2.24, 2.45) is 5.92 Å². The van der Waals surface area contributed by atoms with E-state index in [0.29, 0.717) is 22.9 Å². The van der Waals surface area contributed by atoms with Crippen LogP contribution in [0.2, 0.25) is 0 Å². The molecule has 5 rings (SSSR count). The van der Waals surface area contributed by atoms with E-state index >= 15 is 0 Å². The largest absolute Gasteiger partial charge is 0.507 e. The van der Waals surface area contributed by atoms with Crippen LogP contribution in [-0.4, -0.2) is 34.9 Å². The van der Waals surface area contributed by atoms with Gasteiger partial charge in [0.2, 0.25) is 5.89 Å². The number of methoxy groups -OCH3 is 1. The molecule has 7 heteroatoms. The molecule has 7 nitrogen and oxygen atoms in total. The van der Waals surface area contributed by atoms with Crippen LogP contribution in [-0.2, 0) is 9.59 Å². The zero-order valence-corrected chi connectivity index (χ0v) is 18.9. The van der Waals surface area contributed by atoms with Gasteiger partial charge in [-0.2, -0.15) is 0 Å². The van der Waals surface area contributed by atoms with Gasteiger partial charge in [0.15, 0.2) is 0 Å². The molecule has 2 fully saturated rings. The lowest BCUT2D eigenvalue weighted by Gasteiger charge is -2.34. The molecule has 1 N–H and O–H groups in total. The van der Waals surface area contributed by atoms with Gasteiger partial charge in [0.05, 0.1) is 24.9 Å². The molecule has 0 bridgehead atoms. The second-order valence-corrected chi connectivity index (χ2v) is 8.72. The Kier molecular flexibility index (Phi) is 5.92. The van der Waals surface area contributed by atoms with Crippen LogP contribution >= 0.6 is 0 Å². The number of oxazole rings is 1. The molecule has 34 heavy (non-hydrogen) atoms. The fourth-order valence-electron chi connectivity index (χ4n) is 5.07.